The van der Waals surface area contributed by atoms with E-state index in [4.69, 9.17) is 5.11 Å². The molecular weight excluding hydrogens is 358 g/mol. The Kier molecular flexibility index (Phi) is 4.62. The maximum absolute atomic E-state index is 10.3. The summed E-state index contributed by atoms with van der Waals surface area (Å²) >= 11 is 3.46. The summed E-state index contributed by atoms with van der Waals surface area (Å²) in [7, 11) is 0. The number of amides is 1. The Labute approximate surface area is 141 Å². The molecule has 1 aliphatic carbocycles. The third-order valence-corrected chi connectivity index (χ3v) is 4.01. The van der Waals surface area contributed by atoms with Gasteiger partial charge >= 0.3 is 6.09 Å². The zero-order chi connectivity index (χ0) is 16.2. The first-order chi connectivity index (χ1) is 11.1. The second-order valence-electron chi connectivity index (χ2n) is 5.36. The number of carboxylic acid groups (broad SMARTS) is 1. The third-order valence-electron chi connectivity index (χ3n) is 3.51. The van der Waals surface area contributed by atoms with Crippen molar-refractivity contribution in [1.29, 1.82) is 0 Å². The topological polar surface area (TPSA) is 78.0 Å². The standard InChI is InChI=1S/C9H9Br.C8H7N3O2/c10-9-3-1-2-8(6-9)7-4-5-7;12-8(13)11-7-9-5-3-1-2-4-6(5)10-7/h1-3,6-7H,4-5H2;1-4H,(H,12,13)(H2,9,10,11). The van der Waals surface area contributed by atoms with Gasteiger partial charge in [0, 0.05) is 4.47 Å². The Balaban J connectivity index is 0.000000140. The minimum absolute atomic E-state index is 0.244. The van der Waals surface area contributed by atoms with Crippen LogP contribution in [0, 0.1) is 0 Å². The van der Waals surface area contributed by atoms with Crippen LogP contribution in [-0.4, -0.2) is 21.2 Å². The van der Waals surface area contributed by atoms with Crippen molar-refractivity contribution in [3.63, 3.8) is 0 Å². The number of nitrogens with zero attached hydrogens (tertiary/aromatic N) is 1. The number of imidazole rings is 1. The molecule has 0 atom stereocenters. The van der Waals surface area contributed by atoms with E-state index in [2.05, 4.69) is 55.5 Å². The van der Waals surface area contributed by atoms with E-state index < -0.39 is 6.09 Å². The maximum atomic E-state index is 10.3. The summed E-state index contributed by atoms with van der Waals surface area (Å²) in [5.41, 5.74) is 3.05. The molecule has 0 radical (unpaired) electrons. The number of nitrogens with one attached hydrogen (secondary N) is 2. The van der Waals surface area contributed by atoms with Gasteiger partial charge in [-0.25, -0.2) is 9.78 Å². The van der Waals surface area contributed by atoms with Crippen LogP contribution < -0.4 is 5.32 Å². The average Bonchev–Trinajstić information content (AvgIpc) is 3.28. The fourth-order valence-electron chi connectivity index (χ4n) is 2.29. The molecule has 2 aromatic carbocycles. The van der Waals surface area contributed by atoms with Crippen molar-refractivity contribution in [2.75, 3.05) is 5.32 Å². The predicted molar refractivity (Wildman–Crippen MR) is 93.9 cm³/mol. The van der Waals surface area contributed by atoms with E-state index in [1.54, 1.807) is 6.07 Å². The number of aromatic nitrogens is 2. The molecule has 0 bridgehead atoms. The first kappa shape index (κ1) is 15.6. The molecule has 23 heavy (non-hydrogen) atoms. The average molecular weight is 374 g/mol. The van der Waals surface area contributed by atoms with Gasteiger partial charge in [0.05, 0.1) is 11.0 Å². The Morgan fingerprint density at radius 2 is 2.00 bits per heavy atom. The summed E-state index contributed by atoms with van der Waals surface area (Å²) < 4.78 is 1.21. The van der Waals surface area contributed by atoms with Crippen molar-refractivity contribution in [1.82, 2.24) is 9.97 Å². The molecule has 1 saturated carbocycles. The van der Waals surface area contributed by atoms with Gasteiger partial charge in [-0.1, -0.05) is 40.2 Å². The summed E-state index contributed by atoms with van der Waals surface area (Å²) in [6.07, 6.45) is 1.64. The summed E-state index contributed by atoms with van der Waals surface area (Å²) in [6.45, 7) is 0. The Morgan fingerprint density at radius 1 is 1.22 bits per heavy atom. The van der Waals surface area contributed by atoms with Crippen molar-refractivity contribution in [3.8, 4) is 0 Å². The van der Waals surface area contributed by atoms with Gasteiger partial charge in [0.1, 0.15) is 0 Å². The fourth-order valence-corrected chi connectivity index (χ4v) is 2.71. The molecule has 3 aromatic rings. The number of para-hydroxylation sites is 2. The largest absolute Gasteiger partial charge is 0.465 e. The molecule has 6 heteroatoms. The van der Waals surface area contributed by atoms with Crippen molar-refractivity contribution in [3.05, 3.63) is 58.6 Å². The first-order valence-electron chi connectivity index (χ1n) is 7.32. The van der Waals surface area contributed by atoms with Crippen LogP contribution in [0.2, 0.25) is 0 Å². The molecule has 1 amide bonds. The molecule has 0 aliphatic heterocycles. The van der Waals surface area contributed by atoms with Gasteiger partial charge in [-0.3, -0.25) is 5.32 Å². The van der Waals surface area contributed by atoms with Gasteiger partial charge in [-0.15, -0.1) is 0 Å². The van der Waals surface area contributed by atoms with Crippen LogP contribution >= 0.6 is 15.9 Å². The smallest absolute Gasteiger partial charge is 0.411 e. The van der Waals surface area contributed by atoms with Gasteiger partial charge in [-0.2, -0.15) is 0 Å². The van der Waals surface area contributed by atoms with Gasteiger partial charge in [0.25, 0.3) is 0 Å². The van der Waals surface area contributed by atoms with Crippen molar-refractivity contribution >= 4 is 39.0 Å². The van der Waals surface area contributed by atoms with E-state index >= 15 is 0 Å². The zero-order valence-electron chi connectivity index (χ0n) is 12.3. The molecule has 0 saturated heterocycles. The van der Waals surface area contributed by atoms with Crippen molar-refractivity contribution in [2.45, 2.75) is 18.8 Å². The normalized spacial score (nSPS) is 13.3. The van der Waals surface area contributed by atoms with Gasteiger partial charge < -0.3 is 10.1 Å². The molecule has 1 heterocycles. The molecule has 4 rings (SSSR count). The molecule has 5 nitrogen and oxygen atoms in total. The highest BCUT2D eigenvalue weighted by molar-refractivity contribution is 9.10. The lowest BCUT2D eigenvalue weighted by molar-refractivity contribution is 0.209. The minimum atomic E-state index is -1.13. The lowest BCUT2D eigenvalue weighted by atomic mass is 10.1. The first-order valence-corrected chi connectivity index (χ1v) is 8.11. The second kappa shape index (κ2) is 6.83. The van der Waals surface area contributed by atoms with E-state index in [1.165, 1.54) is 22.9 Å². The molecule has 3 N–H and O–H groups in total. The Morgan fingerprint density at radius 3 is 2.65 bits per heavy atom. The number of hydrogen-bond donors (Lipinski definition) is 3. The quantitative estimate of drug-likeness (QED) is 0.592. The summed E-state index contributed by atoms with van der Waals surface area (Å²) in [5, 5.41) is 10.6. The number of fused-ring (bicyclic) bond motifs is 1. The van der Waals surface area contributed by atoms with Crippen molar-refractivity contribution in [2.24, 2.45) is 0 Å². The molecule has 1 aromatic heterocycles. The number of anilines is 1. The van der Waals surface area contributed by atoms with Crippen LogP contribution in [0.4, 0.5) is 10.7 Å². The van der Waals surface area contributed by atoms with Crippen LogP contribution in [0.3, 0.4) is 0 Å². The second-order valence-corrected chi connectivity index (χ2v) is 6.28. The SMILES string of the molecule is Brc1cccc(C2CC2)c1.O=C(O)Nc1nc2ccccc2[nH]1. The molecule has 0 unspecified atom stereocenters. The number of hydrogen-bond acceptors (Lipinski definition) is 2. The Bertz CT molecular complexity index is 794. The van der Waals surface area contributed by atoms with Gasteiger partial charge in [0.15, 0.2) is 0 Å². The summed E-state index contributed by atoms with van der Waals surface area (Å²) in [4.78, 5) is 17.1. The number of halogens is 1. The van der Waals surface area contributed by atoms with E-state index in [1.807, 2.05) is 18.2 Å². The number of carbonyl (C=O) groups is 1. The highest BCUT2D eigenvalue weighted by Crippen LogP contribution is 2.40. The van der Waals surface area contributed by atoms with E-state index in [0.717, 1.165) is 17.0 Å². The van der Waals surface area contributed by atoms with Gasteiger partial charge in [-0.05, 0) is 48.6 Å². The minimum Gasteiger partial charge on any atom is -0.465 e. The molecule has 0 spiro atoms. The molecule has 1 fully saturated rings. The van der Waals surface area contributed by atoms with Crippen LogP contribution in [0.15, 0.2) is 53.0 Å². The number of aromatic amines is 1. The van der Waals surface area contributed by atoms with E-state index in [-0.39, 0.29) is 5.95 Å². The highest BCUT2D eigenvalue weighted by atomic mass is 79.9. The zero-order valence-corrected chi connectivity index (χ0v) is 13.9. The summed E-state index contributed by atoms with van der Waals surface area (Å²) in [6, 6.07) is 15.9. The van der Waals surface area contributed by atoms with Crippen LogP contribution in [0.25, 0.3) is 11.0 Å². The van der Waals surface area contributed by atoms with Crippen LogP contribution in [0.1, 0.15) is 24.3 Å². The highest BCUT2D eigenvalue weighted by Gasteiger charge is 2.22. The lowest BCUT2D eigenvalue weighted by Crippen LogP contribution is -2.08. The van der Waals surface area contributed by atoms with E-state index in [9.17, 15) is 4.79 Å². The fraction of sp³-hybridized carbons (Fsp3) is 0.176. The lowest BCUT2D eigenvalue weighted by Gasteiger charge is -1.96. The van der Waals surface area contributed by atoms with Gasteiger partial charge in [0.2, 0.25) is 5.95 Å². The maximum Gasteiger partial charge on any atom is 0.411 e. The summed E-state index contributed by atoms with van der Waals surface area (Å²) in [5.74, 6) is 1.12. The van der Waals surface area contributed by atoms with Crippen molar-refractivity contribution < 1.29 is 9.90 Å². The van der Waals surface area contributed by atoms with E-state index in [0.29, 0.717) is 0 Å². The van der Waals surface area contributed by atoms with Crippen LogP contribution in [-0.2, 0) is 0 Å². The molecule has 118 valence electrons. The Hall–Kier alpha value is -2.34. The number of H-pyrrole nitrogens is 1. The number of rotatable bonds is 2. The number of benzene rings is 2. The molecule has 1 aliphatic rings. The molecular formula is C17H16BrN3O2. The van der Waals surface area contributed by atoms with Crippen LogP contribution in [0.5, 0.6) is 0 Å². The third kappa shape index (κ3) is 4.32. The predicted octanol–water partition coefficient (Wildman–Crippen LogP) is 4.98. The monoisotopic (exact) mass is 373 g/mol.